The number of benzene rings is 8. The van der Waals surface area contributed by atoms with Crippen molar-refractivity contribution in [1.29, 1.82) is 0 Å². The summed E-state index contributed by atoms with van der Waals surface area (Å²) in [4.78, 5) is 2.44. The first-order chi connectivity index (χ1) is 27.3. The van der Waals surface area contributed by atoms with E-state index < -0.39 is 0 Å². The fourth-order valence-corrected chi connectivity index (χ4v) is 10.4. The second-order valence-electron chi connectivity index (χ2n) is 15.9. The zero-order valence-corrected chi connectivity index (χ0v) is 32.8. The van der Waals surface area contributed by atoms with Crippen LogP contribution in [0.15, 0.2) is 170 Å². The number of anilines is 3. The molecule has 0 fully saturated rings. The molecule has 56 heavy (non-hydrogen) atoms. The standard InChI is InChI=1S/C53H40N2S/c1-33-17-18-34(2)50(29-33)55-48-15-9-6-12-42(48)44-30-36(21-27-49(44)55)35-19-22-37(23-20-35)54(38-25-28-52-45(31-38)43-13-7-10-16-51(43)56-52)39-24-26-41-40-11-5-8-14-46(40)53(3,4)47(41)32-39/h5-32H,1-4H3. The van der Waals surface area contributed by atoms with Gasteiger partial charge in [0.25, 0.3) is 0 Å². The second kappa shape index (κ2) is 12.3. The van der Waals surface area contributed by atoms with Crippen LogP contribution in [-0.2, 0) is 5.41 Å². The molecular weight excluding hydrogens is 697 g/mol. The van der Waals surface area contributed by atoms with E-state index >= 15 is 0 Å². The van der Waals surface area contributed by atoms with Gasteiger partial charge in [-0.2, -0.15) is 0 Å². The summed E-state index contributed by atoms with van der Waals surface area (Å²) in [6.45, 7) is 9.10. The van der Waals surface area contributed by atoms with Gasteiger partial charge < -0.3 is 9.47 Å². The number of rotatable bonds is 5. The predicted molar refractivity (Wildman–Crippen MR) is 241 cm³/mol. The van der Waals surface area contributed by atoms with Crippen LogP contribution in [-0.4, -0.2) is 4.57 Å². The number of hydrogen-bond donors (Lipinski definition) is 0. The molecule has 2 nitrogen and oxygen atoms in total. The Morgan fingerprint density at radius 1 is 0.464 bits per heavy atom. The van der Waals surface area contributed by atoms with Crippen LogP contribution in [0.4, 0.5) is 17.1 Å². The summed E-state index contributed by atoms with van der Waals surface area (Å²) < 4.78 is 5.06. The molecule has 1 aliphatic carbocycles. The smallest absolute Gasteiger partial charge is 0.0541 e. The van der Waals surface area contributed by atoms with E-state index in [4.69, 9.17) is 0 Å². The van der Waals surface area contributed by atoms with Crippen LogP contribution in [0.1, 0.15) is 36.1 Å². The van der Waals surface area contributed by atoms with Gasteiger partial charge in [0.05, 0.1) is 11.0 Å². The third-order valence-electron chi connectivity index (χ3n) is 12.2. The van der Waals surface area contributed by atoms with Crippen LogP contribution in [0.5, 0.6) is 0 Å². The Hall–Kier alpha value is -6.42. The summed E-state index contributed by atoms with van der Waals surface area (Å²) in [6.07, 6.45) is 0. The minimum Gasteiger partial charge on any atom is -0.310 e. The molecule has 268 valence electrons. The summed E-state index contributed by atoms with van der Waals surface area (Å²) in [5.41, 5.74) is 17.4. The van der Waals surface area contributed by atoms with E-state index in [0.29, 0.717) is 0 Å². The van der Waals surface area contributed by atoms with Crippen molar-refractivity contribution >= 4 is 70.4 Å². The highest BCUT2D eigenvalue weighted by molar-refractivity contribution is 7.25. The number of nitrogens with zero attached hydrogens (tertiary/aromatic N) is 2. The third-order valence-corrected chi connectivity index (χ3v) is 13.3. The molecule has 0 N–H and O–H groups in total. The zero-order chi connectivity index (χ0) is 37.7. The highest BCUT2D eigenvalue weighted by Crippen LogP contribution is 2.51. The molecule has 0 aliphatic heterocycles. The number of thiophene rings is 1. The van der Waals surface area contributed by atoms with Crippen molar-refractivity contribution in [3.05, 3.63) is 192 Å². The molecule has 11 rings (SSSR count). The van der Waals surface area contributed by atoms with Crippen LogP contribution < -0.4 is 4.90 Å². The zero-order valence-electron chi connectivity index (χ0n) is 32.0. The van der Waals surface area contributed by atoms with Crippen molar-refractivity contribution in [3.63, 3.8) is 0 Å². The van der Waals surface area contributed by atoms with Crippen LogP contribution in [0.25, 0.3) is 69.9 Å². The highest BCUT2D eigenvalue weighted by atomic mass is 32.1. The molecule has 8 aromatic carbocycles. The van der Waals surface area contributed by atoms with Crippen molar-refractivity contribution in [1.82, 2.24) is 4.57 Å². The van der Waals surface area contributed by atoms with Gasteiger partial charge in [0, 0.05) is 59.1 Å². The molecule has 10 aromatic rings. The van der Waals surface area contributed by atoms with E-state index in [1.54, 1.807) is 0 Å². The Balaban J connectivity index is 1.05. The molecule has 3 heteroatoms. The molecule has 0 spiro atoms. The molecule has 0 bridgehead atoms. The summed E-state index contributed by atoms with van der Waals surface area (Å²) in [5.74, 6) is 0. The SMILES string of the molecule is Cc1ccc(C)c(-n2c3ccccc3c3cc(-c4ccc(N(c5ccc6c(c5)C(C)(C)c5ccccc5-6)c5ccc6sc7ccccc7c6c5)cc4)ccc32)c1. The molecule has 0 saturated heterocycles. The Morgan fingerprint density at radius 3 is 2.00 bits per heavy atom. The van der Waals surface area contributed by atoms with Gasteiger partial charge in [-0.25, -0.2) is 0 Å². The van der Waals surface area contributed by atoms with E-state index in [9.17, 15) is 0 Å². The molecule has 1 aliphatic rings. The third kappa shape index (κ3) is 4.94. The normalized spacial score (nSPS) is 13.1. The molecule has 0 radical (unpaired) electrons. The van der Waals surface area contributed by atoms with Gasteiger partial charge in [-0.3, -0.25) is 0 Å². The lowest BCUT2D eigenvalue weighted by atomic mass is 9.82. The molecule has 0 atom stereocenters. The molecular formula is C53H40N2S. The lowest BCUT2D eigenvalue weighted by Crippen LogP contribution is -2.16. The molecule has 2 aromatic heterocycles. The van der Waals surface area contributed by atoms with Gasteiger partial charge in [0.1, 0.15) is 0 Å². The summed E-state index contributed by atoms with van der Waals surface area (Å²) in [5, 5.41) is 5.14. The Labute approximate surface area is 331 Å². The van der Waals surface area contributed by atoms with Gasteiger partial charge >= 0.3 is 0 Å². The first kappa shape index (κ1) is 33.0. The van der Waals surface area contributed by atoms with Crippen molar-refractivity contribution in [2.45, 2.75) is 33.1 Å². The maximum Gasteiger partial charge on any atom is 0.0541 e. The lowest BCUT2D eigenvalue weighted by molar-refractivity contribution is 0.660. The minimum absolute atomic E-state index is 0.0925. The molecule has 0 unspecified atom stereocenters. The monoisotopic (exact) mass is 736 g/mol. The summed E-state index contributed by atoms with van der Waals surface area (Å²) in [6, 6.07) is 63.4. The van der Waals surface area contributed by atoms with Crippen LogP contribution in [0.2, 0.25) is 0 Å². The van der Waals surface area contributed by atoms with Gasteiger partial charge in [0.2, 0.25) is 0 Å². The van der Waals surface area contributed by atoms with E-state index in [2.05, 4.69) is 207 Å². The van der Waals surface area contributed by atoms with Gasteiger partial charge in [-0.15, -0.1) is 11.3 Å². The summed E-state index contributed by atoms with van der Waals surface area (Å²) in [7, 11) is 0. The quantitative estimate of drug-likeness (QED) is 0.171. The van der Waals surface area contributed by atoms with Crippen molar-refractivity contribution in [2.75, 3.05) is 4.90 Å². The summed E-state index contributed by atoms with van der Waals surface area (Å²) >= 11 is 1.86. The Morgan fingerprint density at radius 2 is 1.12 bits per heavy atom. The van der Waals surface area contributed by atoms with Gasteiger partial charge in [-0.05, 0) is 131 Å². The second-order valence-corrected chi connectivity index (χ2v) is 17.0. The fourth-order valence-electron chi connectivity index (χ4n) is 9.31. The maximum atomic E-state index is 2.44. The maximum absolute atomic E-state index is 2.44. The average Bonchev–Trinajstić information content (AvgIpc) is 3.84. The Bertz CT molecular complexity index is 3190. The van der Waals surface area contributed by atoms with Crippen molar-refractivity contribution in [2.24, 2.45) is 0 Å². The number of aryl methyl sites for hydroxylation is 2. The van der Waals surface area contributed by atoms with Crippen molar-refractivity contribution in [3.8, 4) is 27.9 Å². The average molecular weight is 737 g/mol. The number of para-hydroxylation sites is 1. The molecule has 2 heterocycles. The topological polar surface area (TPSA) is 8.17 Å². The van der Waals surface area contributed by atoms with E-state index in [1.807, 2.05) is 11.3 Å². The largest absolute Gasteiger partial charge is 0.310 e. The number of aromatic nitrogens is 1. The predicted octanol–water partition coefficient (Wildman–Crippen LogP) is 15.2. The minimum atomic E-state index is -0.0925. The molecule has 0 saturated carbocycles. The fraction of sp³-hybridized carbons (Fsp3) is 0.0943. The first-order valence-electron chi connectivity index (χ1n) is 19.5. The number of fused-ring (bicyclic) bond motifs is 9. The van der Waals surface area contributed by atoms with E-state index in [1.165, 1.54) is 92.2 Å². The van der Waals surface area contributed by atoms with Gasteiger partial charge in [-0.1, -0.05) is 111 Å². The van der Waals surface area contributed by atoms with E-state index in [-0.39, 0.29) is 5.41 Å². The van der Waals surface area contributed by atoms with Crippen LogP contribution in [0.3, 0.4) is 0 Å². The highest BCUT2D eigenvalue weighted by Gasteiger charge is 2.35. The van der Waals surface area contributed by atoms with E-state index in [0.717, 1.165) is 17.1 Å². The van der Waals surface area contributed by atoms with Crippen LogP contribution in [0, 0.1) is 13.8 Å². The Kier molecular flexibility index (Phi) is 7.24. The van der Waals surface area contributed by atoms with Gasteiger partial charge in [0.15, 0.2) is 0 Å². The lowest BCUT2D eigenvalue weighted by Gasteiger charge is -2.28. The molecule has 0 amide bonds. The number of hydrogen-bond acceptors (Lipinski definition) is 2. The first-order valence-corrected chi connectivity index (χ1v) is 20.3. The van der Waals surface area contributed by atoms with Crippen LogP contribution >= 0.6 is 11.3 Å². The van der Waals surface area contributed by atoms with Crippen molar-refractivity contribution < 1.29 is 0 Å².